The number of carbonyl (C=O) groups is 1. The second-order valence-corrected chi connectivity index (χ2v) is 5.12. The molecule has 0 saturated heterocycles. The number of hydrogen-bond acceptors (Lipinski definition) is 3. The lowest BCUT2D eigenvalue weighted by Crippen LogP contribution is -2.07. The highest BCUT2D eigenvalue weighted by atomic mass is 79.9. The fourth-order valence-electron chi connectivity index (χ4n) is 1.83. The first kappa shape index (κ1) is 15.4. The molecule has 0 amide bonds. The molecule has 0 aliphatic rings. The van der Waals surface area contributed by atoms with Crippen LogP contribution in [0.15, 0.2) is 34.8 Å². The zero-order valence-corrected chi connectivity index (χ0v) is 12.7. The largest absolute Gasteiger partial charge is 0.492 e. The van der Waals surface area contributed by atoms with Gasteiger partial charge in [0.05, 0.1) is 22.3 Å². The molecule has 2 aromatic rings. The molecule has 2 N–H and O–H groups in total. The molecular formula is C15H12BrF2NO2. The molecule has 2 aromatic carbocycles. The van der Waals surface area contributed by atoms with E-state index in [0.29, 0.717) is 12.4 Å². The van der Waals surface area contributed by atoms with Crippen LogP contribution < -0.4 is 10.5 Å². The lowest BCUT2D eigenvalue weighted by Gasteiger charge is -2.09. The van der Waals surface area contributed by atoms with Crippen LogP contribution in [0.2, 0.25) is 0 Å². The van der Waals surface area contributed by atoms with E-state index >= 15 is 0 Å². The lowest BCUT2D eigenvalue weighted by atomic mass is 10.0. The Hall–Kier alpha value is -1.95. The van der Waals surface area contributed by atoms with Gasteiger partial charge in [0.1, 0.15) is 17.4 Å². The Labute approximate surface area is 128 Å². The minimum atomic E-state index is -0.805. The van der Waals surface area contributed by atoms with Gasteiger partial charge in [-0.05, 0) is 53.2 Å². The summed E-state index contributed by atoms with van der Waals surface area (Å²) in [6.07, 6.45) is 0. The van der Waals surface area contributed by atoms with Crippen molar-refractivity contribution in [3.05, 3.63) is 57.6 Å². The molecule has 0 unspecified atom stereocenters. The van der Waals surface area contributed by atoms with Gasteiger partial charge < -0.3 is 10.5 Å². The van der Waals surface area contributed by atoms with Gasteiger partial charge in [0.15, 0.2) is 5.78 Å². The molecule has 2 rings (SSSR count). The molecule has 21 heavy (non-hydrogen) atoms. The van der Waals surface area contributed by atoms with Crippen LogP contribution in [0.1, 0.15) is 22.8 Å². The van der Waals surface area contributed by atoms with Gasteiger partial charge in [-0.15, -0.1) is 0 Å². The Balaban J connectivity index is 2.41. The average Bonchev–Trinajstić information content (AvgIpc) is 2.44. The van der Waals surface area contributed by atoms with Crippen molar-refractivity contribution in [2.75, 3.05) is 12.3 Å². The SMILES string of the molecule is CCOc1ccc(C(=O)c2cc(F)c(Br)cc2F)cc1N. The van der Waals surface area contributed by atoms with Crippen LogP contribution in [-0.2, 0) is 0 Å². The molecule has 0 aliphatic carbocycles. The van der Waals surface area contributed by atoms with Crippen LogP contribution in [0.5, 0.6) is 5.75 Å². The summed E-state index contributed by atoms with van der Waals surface area (Å²) in [6.45, 7) is 2.24. The van der Waals surface area contributed by atoms with Gasteiger partial charge in [0, 0.05) is 5.56 Å². The molecule has 0 radical (unpaired) electrons. The molecular weight excluding hydrogens is 344 g/mol. The van der Waals surface area contributed by atoms with E-state index in [-0.39, 0.29) is 21.3 Å². The normalized spacial score (nSPS) is 10.5. The third-order valence-corrected chi connectivity index (χ3v) is 3.43. The van der Waals surface area contributed by atoms with Crippen molar-refractivity contribution in [1.29, 1.82) is 0 Å². The number of ether oxygens (including phenoxy) is 1. The number of nitrogens with two attached hydrogens (primary N) is 1. The Kier molecular flexibility index (Phi) is 4.57. The van der Waals surface area contributed by atoms with E-state index in [9.17, 15) is 13.6 Å². The summed E-state index contributed by atoms with van der Waals surface area (Å²) >= 11 is 2.86. The third-order valence-electron chi connectivity index (χ3n) is 2.83. The summed E-state index contributed by atoms with van der Waals surface area (Å²) in [5.41, 5.74) is 5.84. The van der Waals surface area contributed by atoms with E-state index < -0.39 is 17.4 Å². The second-order valence-electron chi connectivity index (χ2n) is 4.26. The minimum absolute atomic E-state index is 0.0391. The smallest absolute Gasteiger partial charge is 0.196 e. The highest BCUT2D eigenvalue weighted by Crippen LogP contribution is 2.26. The highest BCUT2D eigenvalue weighted by Gasteiger charge is 2.18. The molecule has 110 valence electrons. The standard InChI is InChI=1S/C15H12BrF2NO2/c1-2-21-14-4-3-8(5-13(14)19)15(20)9-6-12(18)10(16)7-11(9)17/h3-7H,2,19H2,1H3. The molecule has 0 heterocycles. The predicted molar refractivity (Wildman–Crippen MR) is 79.5 cm³/mol. The maximum Gasteiger partial charge on any atom is 0.196 e. The number of nitrogen functional groups attached to an aromatic ring is 1. The van der Waals surface area contributed by atoms with E-state index in [0.717, 1.165) is 12.1 Å². The van der Waals surface area contributed by atoms with E-state index in [1.165, 1.54) is 18.2 Å². The summed E-state index contributed by atoms with van der Waals surface area (Å²) in [5, 5.41) is 0. The number of ketones is 1. The van der Waals surface area contributed by atoms with Crippen LogP contribution in [0.25, 0.3) is 0 Å². The van der Waals surface area contributed by atoms with Gasteiger partial charge in [0.2, 0.25) is 0 Å². The van der Waals surface area contributed by atoms with Crippen LogP contribution in [0.4, 0.5) is 14.5 Å². The summed E-state index contributed by atoms with van der Waals surface area (Å²) in [5.74, 6) is -1.72. The molecule has 0 aromatic heterocycles. The lowest BCUT2D eigenvalue weighted by molar-refractivity contribution is 0.103. The van der Waals surface area contributed by atoms with Crippen molar-refractivity contribution in [2.45, 2.75) is 6.92 Å². The number of rotatable bonds is 4. The van der Waals surface area contributed by atoms with Crippen LogP contribution in [-0.4, -0.2) is 12.4 Å². The number of carbonyl (C=O) groups excluding carboxylic acids is 1. The van der Waals surface area contributed by atoms with Gasteiger partial charge in [-0.3, -0.25) is 4.79 Å². The fraction of sp³-hybridized carbons (Fsp3) is 0.133. The number of hydrogen-bond donors (Lipinski definition) is 1. The van der Waals surface area contributed by atoms with Crippen LogP contribution in [0.3, 0.4) is 0 Å². The molecule has 0 atom stereocenters. The molecule has 0 aliphatic heterocycles. The van der Waals surface area contributed by atoms with E-state index in [1.807, 2.05) is 0 Å². The number of benzene rings is 2. The zero-order valence-electron chi connectivity index (χ0n) is 11.1. The van der Waals surface area contributed by atoms with Crippen molar-refractivity contribution in [3.8, 4) is 5.75 Å². The van der Waals surface area contributed by atoms with Gasteiger partial charge in [-0.25, -0.2) is 8.78 Å². The van der Waals surface area contributed by atoms with Gasteiger partial charge in [-0.2, -0.15) is 0 Å². The monoisotopic (exact) mass is 355 g/mol. The topological polar surface area (TPSA) is 52.3 Å². The Bertz CT molecular complexity index is 704. The maximum absolute atomic E-state index is 13.8. The fourth-order valence-corrected chi connectivity index (χ4v) is 2.14. The maximum atomic E-state index is 13.8. The van der Waals surface area contributed by atoms with E-state index in [1.54, 1.807) is 6.92 Å². The summed E-state index contributed by atoms with van der Waals surface area (Å²) < 4.78 is 32.5. The molecule has 0 bridgehead atoms. The Morgan fingerprint density at radius 1 is 1.24 bits per heavy atom. The quantitative estimate of drug-likeness (QED) is 0.513. The zero-order chi connectivity index (χ0) is 15.6. The summed E-state index contributed by atoms with van der Waals surface area (Å²) in [6, 6.07) is 6.14. The second kappa shape index (κ2) is 6.22. The number of anilines is 1. The van der Waals surface area contributed by atoms with E-state index in [2.05, 4.69) is 15.9 Å². The summed E-state index contributed by atoms with van der Waals surface area (Å²) in [4.78, 5) is 12.2. The highest BCUT2D eigenvalue weighted by molar-refractivity contribution is 9.10. The molecule has 6 heteroatoms. The van der Waals surface area contributed by atoms with Crippen molar-refractivity contribution >= 4 is 27.4 Å². The van der Waals surface area contributed by atoms with E-state index in [4.69, 9.17) is 10.5 Å². The van der Waals surface area contributed by atoms with Crippen molar-refractivity contribution in [3.63, 3.8) is 0 Å². The van der Waals surface area contributed by atoms with Crippen molar-refractivity contribution in [1.82, 2.24) is 0 Å². The first-order valence-corrected chi connectivity index (χ1v) is 6.95. The minimum Gasteiger partial charge on any atom is -0.492 e. The third kappa shape index (κ3) is 3.21. The number of halogens is 3. The van der Waals surface area contributed by atoms with Gasteiger partial charge in [-0.1, -0.05) is 0 Å². The van der Waals surface area contributed by atoms with Gasteiger partial charge in [0.25, 0.3) is 0 Å². The first-order chi connectivity index (χ1) is 9.93. The summed E-state index contributed by atoms with van der Waals surface area (Å²) in [7, 11) is 0. The van der Waals surface area contributed by atoms with Crippen LogP contribution >= 0.6 is 15.9 Å². The molecule has 3 nitrogen and oxygen atoms in total. The van der Waals surface area contributed by atoms with Gasteiger partial charge >= 0.3 is 0 Å². The first-order valence-electron chi connectivity index (χ1n) is 6.15. The van der Waals surface area contributed by atoms with Crippen molar-refractivity contribution < 1.29 is 18.3 Å². The Morgan fingerprint density at radius 3 is 2.57 bits per heavy atom. The molecule has 0 spiro atoms. The average molecular weight is 356 g/mol. The predicted octanol–water partition coefficient (Wildman–Crippen LogP) is 3.94. The van der Waals surface area contributed by atoms with Crippen molar-refractivity contribution in [2.24, 2.45) is 0 Å². The van der Waals surface area contributed by atoms with Crippen LogP contribution in [0, 0.1) is 11.6 Å². The molecule has 0 fully saturated rings. The molecule has 0 saturated carbocycles. The Morgan fingerprint density at radius 2 is 1.95 bits per heavy atom.